The molecule has 136 valence electrons. The highest BCUT2D eigenvalue weighted by molar-refractivity contribution is 5.97. The number of benzene rings is 1. The number of pyridine rings is 1. The Hall–Kier alpha value is -2.69. The van der Waals surface area contributed by atoms with Crippen LogP contribution in [-0.4, -0.2) is 23.0 Å². The van der Waals surface area contributed by atoms with E-state index in [2.05, 4.69) is 16.4 Å². The molecule has 5 nitrogen and oxygen atoms in total. The molecule has 1 aliphatic rings. The van der Waals surface area contributed by atoms with Gasteiger partial charge in [0.05, 0.1) is 5.56 Å². The quantitative estimate of drug-likeness (QED) is 0.833. The number of nitrogens with zero attached hydrogens (tertiary/aromatic N) is 1. The highest BCUT2D eigenvalue weighted by Gasteiger charge is 2.27. The molecule has 0 radical (unpaired) electrons. The molecule has 1 aromatic heterocycles. The lowest BCUT2D eigenvalue weighted by Crippen LogP contribution is -2.36. The van der Waals surface area contributed by atoms with Crippen molar-refractivity contribution in [2.24, 2.45) is 5.92 Å². The van der Waals surface area contributed by atoms with Gasteiger partial charge < -0.3 is 10.1 Å². The van der Waals surface area contributed by atoms with E-state index in [0.29, 0.717) is 5.56 Å². The molecule has 0 saturated carbocycles. The minimum atomic E-state index is -0.864. The molecule has 0 bridgehead atoms. The number of hydrogen-bond acceptors (Lipinski definition) is 4. The molecule has 1 N–H and O–H groups in total. The molecule has 3 rings (SSSR count). The Balaban J connectivity index is 1.69. The van der Waals surface area contributed by atoms with Crippen LogP contribution >= 0.6 is 0 Å². The van der Waals surface area contributed by atoms with Crippen LogP contribution in [0.4, 0.5) is 5.69 Å². The summed E-state index contributed by atoms with van der Waals surface area (Å²) in [5.41, 5.74) is 4.53. The number of aromatic nitrogens is 1. The highest BCUT2D eigenvalue weighted by atomic mass is 16.5. The molecule has 1 heterocycles. The fourth-order valence-electron chi connectivity index (χ4n) is 3.13. The van der Waals surface area contributed by atoms with Crippen LogP contribution in [-0.2, 0) is 22.4 Å². The summed E-state index contributed by atoms with van der Waals surface area (Å²) in [6.07, 6.45) is 3.90. The molecular formula is C21H24N2O3. The van der Waals surface area contributed by atoms with E-state index in [1.54, 1.807) is 12.1 Å². The molecule has 0 saturated heterocycles. The monoisotopic (exact) mass is 352 g/mol. The molecule has 0 spiro atoms. The van der Waals surface area contributed by atoms with Crippen LogP contribution in [0.1, 0.15) is 47.4 Å². The van der Waals surface area contributed by atoms with Crippen molar-refractivity contribution in [2.45, 2.75) is 46.1 Å². The van der Waals surface area contributed by atoms with Gasteiger partial charge in [-0.1, -0.05) is 19.9 Å². The Morgan fingerprint density at radius 1 is 1.12 bits per heavy atom. The first kappa shape index (κ1) is 18.1. The molecule has 0 fully saturated rings. The molecule has 1 atom stereocenters. The lowest BCUT2D eigenvalue weighted by molar-refractivity contribution is -0.126. The topological polar surface area (TPSA) is 68.3 Å². The van der Waals surface area contributed by atoms with Crippen molar-refractivity contribution in [3.63, 3.8) is 0 Å². The normalized spacial score (nSPS) is 14.0. The third kappa shape index (κ3) is 4.10. The highest BCUT2D eigenvalue weighted by Crippen LogP contribution is 2.25. The van der Waals surface area contributed by atoms with Crippen molar-refractivity contribution >= 4 is 17.6 Å². The lowest BCUT2D eigenvalue weighted by Gasteiger charge is -2.21. The van der Waals surface area contributed by atoms with Crippen molar-refractivity contribution in [1.82, 2.24) is 4.98 Å². The van der Waals surface area contributed by atoms with Crippen LogP contribution in [0, 0.1) is 12.8 Å². The number of carbonyl (C=O) groups excluding carboxylic acids is 2. The molecule has 1 aliphatic carbocycles. The van der Waals surface area contributed by atoms with Crippen LogP contribution < -0.4 is 5.32 Å². The molecule has 26 heavy (non-hydrogen) atoms. The summed E-state index contributed by atoms with van der Waals surface area (Å²) in [6.45, 7) is 5.55. The zero-order valence-corrected chi connectivity index (χ0v) is 15.4. The van der Waals surface area contributed by atoms with E-state index in [9.17, 15) is 9.59 Å². The molecule has 0 aliphatic heterocycles. The molecule has 1 amide bonds. The average molecular weight is 352 g/mol. The number of amides is 1. The summed E-state index contributed by atoms with van der Waals surface area (Å²) in [4.78, 5) is 29.1. The Morgan fingerprint density at radius 2 is 1.88 bits per heavy atom. The molecule has 2 aromatic rings. The van der Waals surface area contributed by atoms with Crippen LogP contribution in [0.25, 0.3) is 0 Å². The number of anilines is 1. The van der Waals surface area contributed by atoms with Gasteiger partial charge in [0.1, 0.15) is 0 Å². The van der Waals surface area contributed by atoms with E-state index < -0.39 is 12.1 Å². The number of fused-ring (bicyclic) bond motifs is 1. The van der Waals surface area contributed by atoms with Crippen molar-refractivity contribution in [3.8, 4) is 0 Å². The van der Waals surface area contributed by atoms with E-state index in [1.165, 1.54) is 17.3 Å². The Kier molecular flexibility index (Phi) is 5.35. The van der Waals surface area contributed by atoms with Crippen LogP contribution in [0.15, 0.2) is 36.5 Å². The maximum Gasteiger partial charge on any atom is 0.340 e. The first-order valence-electron chi connectivity index (χ1n) is 9.00. The van der Waals surface area contributed by atoms with E-state index in [-0.39, 0.29) is 11.8 Å². The van der Waals surface area contributed by atoms with E-state index in [1.807, 2.05) is 32.9 Å². The van der Waals surface area contributed by atoms with Crippen molar-refractivity contribution in [1.29, 1.82) is 0 Å². The zero-order chi connectivity index (χ0) is 18.7. The van der Waals surface area contributed by atoms with Gasteiger partial charge in [-0.3, -0.25) is 9.78 Å². The summed E-state index contributed by atoms with van der Waals surface area (Å²) in [6, 6.07) is 9.38. The third-order valence-corrected chi connectivity index (χ3v) is 4.61. The van der Waals surface area contributed by atoms with Crippen LogP contribution in [0.2, 0.25) is 0 Å². The SMILES string of the molecule is Cc1ccc(C(=O)O[C@@H](C(=O)Nc2ccc3c(c2)CCC3)C(C)C)cn1. The first-order valence-corrected chi connectivity index (χ1v) is 9.00. The van der Waals surface area contributed by atoms with Crippen molar-refractivity contribution in [3.05, 3.63) is 58.9 Å². The maximum atomic E-state index is 12.7. The predicted molar refractivity (Wildman–Crippen MR) is 100 cm³/mol. The first-order chi connectivity index (χ1) is 12.4. The summed E-state index contributed by atoms with van der Waals surface area (Å²) in [5, 5.41) is 2.89. The number of carbonyl (C=O) groups is 2. The van der Waals surface area contributed by atoms with Gasteiger partial charge in [0.15, 0.2) is 6.10 Å². The molecular weight excluding hydrogens is 328 g/mol. The number of ether oxygens (including phenoxy) is 1. The van der Waals surface area contributed by atoms with Gasteiger partial charge in [-0.15, -0.1) is 0 Å². The van der Waals surface area contributed by atoms with Gasteiger partial charge in [-0.05, 0) is 67.5 Å². The lowest BCUT2D eigenvalue weighted by atomic mass is 10.1. The fourth-order valence-corrected chi connectivity index (χ4v) is 3.13. The van der Waals surface area contributed by atoms with Crippen LogP contribution in [0.5, 0.6) is 0 Å². The van der Waals surface area contributed by atoms with Gasteiger partial charge in [0.25, 0.3) is 5.91 Å². The van der Waals surface area contributed by atoms with E-state index >= 15 is 0 Å². The van der Waals surface area contributed by atoms with Gasteiger partial charge >= 0.3 is 5.97 Å². The van der Waals surface area contributed by atoms with Gasteiger partial charge in [0.2, 0.25) is 0 Å². The fraction of sp³-hybridized carbons (Fsp3) is 0.381. The molecule has 1 aromatic carbocycles. The number of esters is 1. The van der Waals surface area contributed by atoms with Gasteiger partial charge in [0, 0.05) is 17.6 Å². The smallest absolute Gasteiger partial charge is 0.340 e. The largest absolute Gasteiger partial charge is 0.448 e. The van der Waals surface area contributed by atoms with E-state index in [0.717, 1.165) is 30.6 Å². The third-order valence-electron chi connectivity index (χ3n) is 4.61. The number of hydrogen-bond donors (Lipinski definition) is 1. The second-order valence-corrected chi connectivity index (χ2v) is 7.08. The zero-order valence-electron chi connectivity index (χ0n) is 15.4. The number of aryl methyl sites for hydroxylation is 3. The Bertz CT molecular complexity index is 813. The van der Waals surface area contributed by atoms with Crippen molar-refractivity contribution in [2.75, 3.05) is 5.32 Å². The number of nitrogens with one attached hydrogen (secondary N) is 1. The summed E-state index contributed by atoms with van der Waals surface area (Å²) < 4.78 is 5.47. The van der Waals surface area contributed by atoms with E-state index in [4.69, 9.17) is 4.74 Å². The van der Waals surface area contributed by atoms with Crippen molar-refractivity contribution < 1.29 is 14.3 Å². The second kappa shape index (κ2) is 7.68. The number of rotatable bonds is 5. The Morgan fingerprint density at radius 3 is 2.58 bits per heavy atom. The minimum Gasteiger partial charge on any atom is -0.448 e. The predicted octanol–water partition coefficient (Wildman–Crippen LogP) is 3.70. The molecule has 0 unspecified atom stereocenters. The Labute approximate surface area is 153 Å². The van der Waals surface area contributed by atoms with Gasteiger partial charge in [-0.25, -0.2) is 4.79 Å². The summed E-state index contributed by atoms with van der Waals surface area (Å²) in [5.74, 6) is -1.00. The second-order valence-electron chi connectivity index (χ2n) is 7.08. The minimum absolute atomic E-state index is 0.146. The summed E-state index contributed by atoms with van der Waals surface area (Å²) in [7, 11) is 0. The average Bonchev–Trinajstić information content (AvgIpc) is 3.07. The van der Waals surface area contributed by atoms with Gasteiger partial charge in [-0.2, -0.15) is 0 Å². The maximum absolute atomic E-state index is 12.7. The summed E-state index contributed by atoms with van der Waals surface area (Å²) >= 11 is 0. The molecule has 5 heteroatoms. The standard InChI is InChI=1S/C21H24N2O3/c1-13(2)19(26-21(25)17-8-7-14(3)22-12-17)20(24)23-18-10-9-15-5-4-6-16(15)11-18/h7-13,19H,4-6H2,1-3H3,(H,23,24)/t19-/m1/s1. The van der Waals surface area contributed by atoms with Crippen LogP contribution in [0.3, 0.4) is 0 Å².